The Kier molecular flexibility index (Phi) is 8.02. The highest BCUT2D eigenvalue weighted by molar-refractivity contribution is 6.09. The first-order valence-electron chi connectivity index (χ1n) is 13.2. The average Bonchev–Trinajstić information content (AvgIpc) is 2.94. The number of anilines is 1. The van der Waals surface area contributed by atoms with Crippen LogP contribution >= 0.6 is 0 Å². The maximum absolute atomic E-state index is 15.1. The van der Waals surface area contributed by atoms with Crippen molar-refractivity contribution in [3.05, 3.63) is 82.9 Å². The summed E-state index contributed by atoms with van der Waals surface area (Å²) in [4.78, 5) is 17.7. The van der Waals surface area contributed by atoms with E-state index in [2.05, 4.69) is 15.7 Å². The maximum Gasteiger partial charge on any atom is 0.393 e. The normalized spacial score (nSPS) is 15.9. The molecular formula is C29H27F7N4O2. The molecule has 6 nitrogen and oxygen atoms in total. The molecule has 0 fully saturated rings. The molecule has 1 aromatic heterocycles. The predicted molar refractivity (Wildman–Crippen MR) is 143 cm³/mol. The van der Waals surface area contributed by atoms with Gasteiger partial charge in [-0.15, -0.1) is 0 Å². The lowest BCUT2D eigenvalue weighted by Crippen LogP contribution is -2.46. The highest BCUT2D eigenvalue weighted by atomic mass is 19.4. The molecule has 3 aromatic rings. The van der Waals surface area contributed by atoms with Gasteiger partial charge >= 0.3 is 6.18 Å². The van der Waals surface area contributed by atoms with Gasteiger partial charge in [0.2, 0.25) is 0 Å². The summed E-state index contributed by atoms with van der Waals surface area (Å²) in [5.41, 5.74) is 1.32. The molecule has 1 aliphatic heterocycles. The molecule has 0 radical (unpaired) electrons. The van der Waals surface area contributed by atoms with E-state index in [-0.39, 0.29) is 43.2 Å². The Morgan fingerprint density at radius 2 is 1.95 bits per heavy atom. The Bertz CT molecular complexity index is 1610. The number of hydrazine groups is 1. The van der Waals surface area contributed by atoms with Crippen LogP contribution in [0.25, 0.3) is 22.0 Å². The van der Waals surface area contributed by atoms with Crippen LogP contribution in [-0.2, 0) is 4.74 Å². The third-order valence-electron chi connectivity index (χ3n) is 7.19. The van der Waals surface area contributed by atoms with Gasteiger partial charge in [0.15, 0.2) is 11.6 Å². The summed E-state index contributed by atoms with van der Waals surface area (Å²) in [6.07, 6.45) is 1.25. The van der Waals surface area contributed by atoms with Crippen molar-refractivity contribution in [1.82, 2.24) is 15.4 Å². The molecule has 2 heterocycles. The topological polar surface area (TPSA) is 66.5 Å². The summed E-state index contributed by atoms with van der Waals surface area (Å²) in [7, 11) is 0. The van der Waals surface area contributed by atoms with Crippen LogP contribution in [0.5, 0.6) is 0 Å². The van der Waals surface area contributed by atoms with Gasteiger partial charge in [0.05, 0.1) is 34.9 Å². The highest BCUT2D eigenvalue weighted by Gasteiger charge is 2.38. The van der Waals surface area contributed by atoms with Crippen LogP contribution in [0.4, 0.5) is 36.4 Å². The van der Waals surface area contributed by atoms with Crippen molar-refractivity contribution >= 4 is 22.5 Å². The predicted octanol–water partition coefficient (Wildman–Crippen LogP) is 7.24. The zero-order valence-electron chi connectivity index (χ0n) is 22.2. The first-order chi connectivity index (χ1) is 20.0. The number of pyridine rings is 1. The van der Waals surface area contributed by atoms with Crippen molar-refractivity contribution < 1.29 is 41.7 Å². The summed E-state index contributed by atoms with van der Waals surface area (Å²) in [5, 5.41) is 4.17. The lowest BCUT2D eigenvalue weighted by atomic mass is 9.97. The van der Waals surface area contributed by atoms with E-state index in [1.807, 2.05) is 6.08 Å². The number of aromatic nitrogens is 1. The van der Waals surface area contributed by atoms with Gasteiger partial charge in [0.25, 0.3) is 5.91 Å². The number of amides is 1. The Hall–Kier alpha value is -4.29. The molecular weight excluding hydrogens is 569 g/mol. The van der Waals surface area contributed by atoms with Crippen LogP contribution in [0.1, 0.15) is 38.0 Å². The quantitative estimate of drug-likeness (QED) is 0.222. The molecule has 0 spiro atoms. The molecule has 42 heavy (non-hydrogen) atoms. The fourth-order valence-electron chi connectivity index (χ4n) is 5.01. The van der Waals surface area contributed by atoms with Gasteiger partial charge in [-0.2, -0.15) is 13.2 Å². The summed E-state index contributed by atoms with van der Waals surface area (Å²) < 4.78 is 104. The number of ether oxygens (including phenoxy) is 1. The van der Waals surface area contributed by atoms with Crippen LogP contribution in [0.3, 0.4) is 0 Å². The minimum absolute atomic E-state index is 0. The summed E-state index contributed by atoms with van der Waals surface area (Å²) >= 11 is 0. The summed E-state index contributed by atoms with van der Waals surface area (Å²) in [5.74, 6) is -7.23. The number of hydrogen-bond acceptors (Lipinski definition) is 5. The van der Waals surface area contributed by atoms with Gasteiger partial charge in [0, 0.05) is 43.2 Å². The number of nitrogens with one attached hydrogen (secondary N) is 2. The molecule has 2 aromatic carbocycles. The first kappa shape index (κ1) is 29.2. The number of benzene rings is 2. The van der Waals surface area contributed by atoms with E-state index >= 15 is 4.39 Å². The van der Waals surface area contributed by atoms with Gasteiger partial charge in [-0.3, -0.25) is 20.2 Å². The van der Waals surface area contributed by atoms with Crippen LogP contribution in [0, 0.1) is 29.2 Å². The first-order valence-corrected chi connectivity index (χ1v) is 13.2. The Balaban J connectivity index is 0.00000423. The van der Waals surface area contributed by atoms with Crippen molar-refractivity contribution in [3.63, 3.8) is 0 Å². The van der Waals surface area contributed by atoms with Crippen LogP contribution in [0.2, 0.25) is 0 Å². The standard InChI is InChI=1S/C29H25F7N4O2.H2/c1-2-15(29(34,35)36)13-37-26-17-7-8-20(31)24(18-11-16(30)12-21(32)25(18)33)27(17)38-14-19(26)28(41)39-40-9-10-42-23-6-4-3-5-22(23)40;/h3,5,7-8,11-12,14-15H,2,4,6,9-10,13H2,1H3,(H,37,38)(H,39,41);1H. The molecule has 2 N–H and O–H groups in total. The van der Waals surface area contributed by atoms with E-state index in [0.717, 1.165) is 24.8 Å². The molecule has 0 saturated carbocycles. The van der Waals surface area contributed by atoms with E-state index in [1.54, 1.807) is 11.1 Å². The second kappa shape index (κ2) is 11.5. The Morgan fingerprint density at radius 3 is 2.69 bits per heavy atom. The lowest BCUT2D eigenvalue weighted by molar-refractivity contribution is -0.171. The van der Waals surface area contributed by atoms with E-state index < -0.39 is 58.9 Å². The minimum Gasteiger partial charge on any atom is -0.494 e. The zero-order chi connectivity index (χ0) is 30.2. The largest absolute Gasteiger partial charge is 0.494 e. The number of hydrogen-bond donors (Lipinski definition) is 2. The van der Waals surface area contributed by atoms with Crippen molar-refractivity contribution in [3.8, 4) is 11.1 Å². The number of carbonyl (C=O) groups excluding carboxylic acids is 1. The molecule has 5 rings (SSSR count). The van der Waals surface area contributed by atoms with Crippen LogP contribution < -0.4 is 10.7 Å². The number of carbonyl (C=O) groups is 1. The van der Waals surface area contributed by atoms with Crippen LogP contribution in [0.15, 0.2) is 54.1 Å². The highest BCUT2D eigenvalue weighted by Crippen LogP contribution is 2.38. The number of rotatable bonds is 7. The molecule has 1 amide bonds. The Labute approximate surface area is 237 Å². The van der Waals surface area contributed by atoms with Crippen molar-refractivity contribution in [1.29, 1.82) is 0 Å². The molecule has 1 aliphatic carbocycles. The smallest absolute Gasteiger partial charge is 0.393 e. The monoisotopic (exact) mass is 596 g/mol. The van der Waals surface area contributed by atoms with Gasteiger partial charge < -0.3 is 10.1 Å². The zero-order valence-corrected chi connectivity index (χ0v) is 22.2. The molecule has 0 saturated heterocycles. The van der Waals surface area contributed by atoms with Crippen molar-refractivity contribution in [2.24, 2.45) is 5.92 Å². The fraction of sp³-hybridized carbons (Fsp3) is 0.310. The van der Waals surface area contributed by atoms with E-state index in [0.29, 0.717) is 30.0 Å². The maximum atomic E-state index is 15.1. The molecule has 2 aliphatic rings. The molecule has 1 unspecified atom stereocenters. The SMILES string of the molecule is CCC(CNc1c(C(=O)NN2CCOC3=C2C=CCC3)cnc2c(-c3cc(F)cc(F)c3F)c(F)ccc12)C(F)(F)F.[HH]. The number of nitrogens with zero attached hydrogens (tertiary/aromatic N) is 2. The van der Waals surface area contributed by atoms with Gasteiger partial charge in [-0.05, 0) is 37.1 Å². The van der Waals surface area contributed by atoms with E-state index in [9.17, 15) is 31.1 Å². The third kappa shape index (κ3) is 5.59. The molecule has 13 heteroatoms. The lowest BCUT2D eigenvalue weighted by Gasteiger charge is -2.34. The summed E-state index contributed by atoms with van der Waals surface area (Å²) in [6.45, 7) is 1.28. The number of fused-ring (bicyclic) bond motifs is 1. The van der Waals surface area contributed by atoms with Crippen LogP contribution in [-0.4, -0.2) is 41.8 Å². The number of halogens is 7. The minimum atomic E-state index is -4.56. The fourth-order valence-corrected chi connectivity index (χ4v) is 5.01. The van der Waals surface area contributed by atoms with Crippen molar-refractivity contribution in [2.45, 2.75) is 32.4 Å². The average molecular weight is 597 g/mol. The molecule has 1 atom stereocenters. The Morgan fingerprint density at radius 1 is 1.17 bits per heavy atom. The molecule has 0 bridgehead atoms. The van der Waals surface area contributed by atoms with Crippen molar-refractivity contribution in [2.75, 3.05) is 25.0 Å². The second-order valence-corrected chi connectivity index (χ2v) is 9.83. The van der Waals surface area contributed by atoms with Gasteiger partial charge in [0.1, 0.15) is 24.0 Å². The third-order valence-corrected chi connectivity index (χ3v) is 7.19. The van der Waals surface area contributed by atoms with E-state index in [4.69, 9.17) is 4.74 Å². The van der Waals surface area contributed by atoms with E-state index in [1.165, 1.54) is 6.92 Å². The second-order valence-electron chi connectivity index (χ2n) is 9.83. The summed E-state index contributed by atoms with van der Waals surface area (Å²) in [6, 6.07) is 2.90. The molecule has 224 valence electrons. The number of alkyl halides is 3. The van der Waals surface area contributed by atoms with Gasteiger partial charge in [-0.1, -0.05) is 13.0 Å². The van der Waals surface area contributed by atoms with Gasteiger partial charge in [-0.25, -0.2) is 17.6 Å². The number of allylic oxidation sites excluding steroid dienone is 3.